The molecule has 5 atom stereocenters. The molecule has 6 nitrogen and oxygen atoms in total. The topological polar surface area (TPSA) is 110 Å². The average Bonchev–Trinajstić information content (AvgIpc) is 2.46. The van der Waals surface area contributed by atoms with Crippen molar-refractivity contribution < 1.29 is 30.3 Å². The lowest BCUT2D eigenvalue weighted by molar-refractivity contribution is -0.172. The van der Waals surface area contributed by atoms with Gasteiger partial charge in [0, 0.05) is 12.5 Å². The zero-order valence-electron chi connectivity index (χ0n) is 11.5. The minimum Gasteiger partial charge on any atom is -0.462 e. The van der Waals surface area contributed by atoms with Gasteiger partial charge in [-0.2, -0.15) is 0 Å². The van der Waals surface area contributed by atoms with Crippen molar-refractivity contribution in [3.63, 3.8) is 0 Å². The molecule has 114 valence electrons. The molecule has 1 aromatic rings. The minimum absolute atomic E-state index is 0.332. The molecular formula is C14H22O6. The summed E-state index contributed by atoms with van der Waals surface area (Å²) in [6.07, 6.45) is -6.38. The second kappa shape index (κ2) is 7.56. The van der Waals surface area contributed by atoms with Crippen LogP contribution in [0.2, 0.25) is 0 Å². The molecule has 1 rings (SSSR count). The summed E-state index contributed by atoms with van der Waals surface area (Å²) in [6, 6.07) is 6.77. The first-order valence-corrected chi connectivity index (χ1v) is 6.43. The molecule has 0 saturated heterocycles. The van der Waals surface area contributed by atoms with Crippen molar-refractivity contribution in [2.45, 2.75) is 38.4 Å². The molecule has 0 saturated carbocycles. The number of aliphatic hydroxyl groups excluding tert-OH is 5. The molecule has 0 aliphatic carbocycles. The molecule has 0 heterocycles. The summed E-state index contributed by atoms with van der Waals surface area (Å²) in [7, 11) is 0. The quantitative estimate of drug-likeness (QED) is 0.428. The van der Waals surface area contributed by atoms with Gasteiger partial charge < -0.3 is 30.3 Å². The van der Waals surface area contributed by atoms with E-state index in [-0.39, 0.29) is 6.61 Å². The third kappa shape index (κ3) is 4.43. The van der Waals surface area contributed by atoms with Crippen LogP contribution in [0.15, 0.2) is 24.3 Å². The number of aliphatic hydroxyl groups is 5. The molecule has 0 aliphatic rings. The first kappa shape index (κ1) is 16.9. The first-order chi connectivity index (χ1) is 9.36. The first-order valence-electron chi connectivity index (χ1n) is 6.43. The van der Waals surface area contributed by atoms with Gasteiger partial charge in [-0.3, -0.25) is 0 Å². The Bertz CT molecular complexity index is 393. The van der Waals surface area contributed by atoms with Crippen LogP contribution in [0.25, 0.3) is 0 Å². The fraction of sp³-hybridized carbons (Fsp3) is 0.571. The molecule has 0 amide bonds. The van der Waals surface area contributed by atoms with Gasteiger partial charge in [-0.15, -0.1) is 0 Å². The summed E-state index contributed by atoms with van der Waals surface area (Å²) in [6.45, 7) is 3.05. The van der Waals surface area contributed by atoms with Gasteiger partial charge in [0.25, 0.3) is 0 Å². The van der Waals surface area contributed by atoms with Crippen LogP contribution in [0.5, 0.6) is 5.75 Å². The van der Waals surface area contributed by atoms with Gasteiger partial charge in [-0.1, -0.05) is 24.6 Å². The largest absolute Gasteiger partial charge is 0.462 e. The predicted octanol–water partition coefficient (Wildman–Crippen LogP) is -0.597. The second-order valence-corrected chi connectivity index (χ2v) is 4.95. The predicted molar refractivity (Wildman–Crippen MR) is 72.1 cm³/mol. The third-order valence-electron chi connectivity index (χ3n) is 3.14. The van der Waals surface area contributed by atoms with Gasteiger partial charge in [-0.25, -0.2) is 0 Å². The smallest absolute Gasteiger partial charge is 0.226 e. The van der Waals surface area contributed by atoms with Crippen molar-refractivity contribution in [2.24, 2.45) is 5.92 Å². The van der Waals surface area contributed by atoms with E-state index in [2.05, 4.69) is 0 Å². The second-order valence-electron chi connectivity index (χ2n) is 4.95. The average molecular weight is 286 g/mol. The minimum atomic E-state index is -1.69. The van der Waals surface area contributed by atoms with Crippen LogP contribution in [0.1, 0.15) is 12.5 Å². The van der Waals surface area contributed by atoms with Gasteiger partial charge in [0.05, 0.1) is 6.10 Å². The molecule has 0 spiro atoms. The highest BCUT2D eigenvalue weighted by Crippen LogP contribution is 2.17. The lowest BCUT2D eigenvalue weighted by Gasteiger charge is -2.29. The van der Waals surface area contributed by atoms with E-state index in [1.54, 1.807) is 24.3 Å². The van der Waals surface area contributed by atoms with E-state index < -0.39 is 30.5 Å². The molecule has 1 aromatic carbocycles. The van der Waals surface area contributed by atoms with E-state index in [4.69, 9.17) is 9.84 Å². The van der Waals surface area contributed by atoms with E-state index >= 15 is 0 Å². The van der Waals surface area contributed by atoms with E-state index in [1.165, 1.54) is 6.92 Å². The molecule has 5 N–H and O–H groups in total. The number of benzene rings is 1. The molecule has 20 heavy (non-hydrogen) atoms. The van der Waals surface area contributed by atoms with Crippen molar-refractivity contribution in [3.05, 3.63) is 29.8 Å². The molecule has 0 fully saturated rings. The van der Waals surface area contributed by atoms with Gasteiger partial charge in [0.1, 0.15) is 18.0 Å². The van der Waals surface area contributed by atoms with Crippen LogP contribution in [-0.2, 0) is 0 Å². The van der Waals surface area contributed by atoms with Gasteiger partial charge in [-0.05, 0) is 19.1 Å². The highest BCUT2D eigenvalue weighted by molar-refractivity contribution is 5.26. The summed E-state index contributed by atoms with van der Waals surface area (Å²) in [5.74, 6) is -0.301. The van der Waals surface area contributed by atoms with Crippen LogP contribution >= 0.6 is 0 Å². The molecule has 6 heteroatoms. The van der Waals surface area contributed by atoms with Crippen LogP contribution in [-0.4, -0.2) is 56.7 Å². The Morgan fingerprint density at radius 1 is 0.950 bits per heavy atom. The van der Waals surface area contributed by atoms with E-state index in [0.29, 0.717) is 5.75 Å². The van der Waals surface area contributed by atoms with Crippen molar-refractivity contribution in [2.75, 3.05) is 6.61 Å². The lowest BCUT2D eigenvalue weighted by Crippen LogP contribution is -2.49. The Kier molecular flexibility index (Phi) is 6.38. The Morgan fingerprint density at radius 2 is 1.50 bits per heavy atom. The SMILES string of the molecule is Cc1ccc(OC(O)C(O)C(O)C(O)C(C)CO)cc1. The Hall–Kier alpha value is -1.18. The molecular weight excluding hydrogens is 264 g/mol. The highest BCUT2D eigenvalue weighted by Gasteiger charge is 2.34. The number of ether oxygens (including phenoxy) is 1. The number of hydrogen-bond donors (Lipinski definition) is 5. The number of hydrogen-bond acceptors (Lipinski definition) is 6. The third-order valence-corrected chi connectivity index (χ3v) is 3.14. The van der Waals surface area contributed by atoms with Crippen LogP contribution in [0.4, 0.5) is 0 Å². The molecule has 5 unspecified atom stereocenters. The van der Waals surface area contributed by atoms with Crippen molar-refractivity contribution >= 4 is 0 Å². The number of aryl methyl sites for hydroxylation is 1. The fourth-order valence-electron chi connectivity index (χ4n) is 1.64. The molecule has 0 aliphatic heterocycles. The molecule has 0 bridgehead atoms. The monoisotopic (exact) mass is 286 g/mol. The maximum atomic E-state index is 9.75. The zero-order valence-corrected chi connectivity index (χ0v) is 11.5. The van der Waals surface area contributed by atoms with Crippen LogP contribution < -0.4 is 4.74 Å². The van der Waals surface area contributed by atoms with Crippen LogP contribution in [0.3, 0.4) is 0 Å². The summed E-state index contributed by atoms with van der Waals surface area (Å²) < 4.78 is 5.09. The van der Waals surface area contributed by atoms with Gasteiger partial charge in [0.2, 0.25) is 6.29 Å². The maximum absolute atomic E-state index is 9.75. The highest BCUT2D eigenvalue weighted by atomic mass is 16.6. The van der Waals surface area contributed by atoms with Crippen molar-refractivity contribution in [3.8, 4) is 5.75 Å². The standard InChI is InChI=1S/C14H22O6/c1-8-3-5-10(6-4-8)20-14(19)13(18)12(17)11(16)9(2)7-15/h3-6,9,11-19H,7H2,1-2H3. The maximum Gasteiger partial charge on any atom is 0.226 e. The van der Waals surface area contributed by atoms with Gasteiger partial charge >= 0.3 is 0 Å². The van der Waals surface area contributed by atoms with Gasteiger partial charge in [0.15, 0.2) is 0 Å². The van der Waals surface area contributed by atoms with E-state index in [0.717, 1.165) is 5.56 Å². The normalized spacial score (nSPS) is 18.9. The summed E-state index contributed by atoms with van der Waals surface area (Å²) in [4.78, 5) is 0. The summed E-state index contributed by atoms with van der Waals surface area (Å²) >= 11 is 0. The van der Waals surface area contributed by atoms with E-state index in [9.17, 15) is 20.4 Å². The summed E-state index contributed by atoms with van der Waals surface area (Å²) in [5, 5.41) is 47.7. The Labute approximate surface area is 117 Å². The van der Waals surface area contributed by atoms with Crippen LogP contribution in [0, 0.1) is 12.8 Å². The zero-order chi connectivity index (χ0) is 15.3. The fourth-order valence-corrected chi connectivity index (χ4v) is 1.64. The Balaban J connectivity index is 2.61. The molecule has 0 aromatic heterocycles. The number of rotatable bonds is 7. The Morgan fingerprint density at radius 3 is 2.00 bits per heavy atom. The van der Waals surface area contributed by atoms with Crippen molar-refractivity contribution in [1.29, 1.82) is 0 Å². The van der Waals surface area contributed by atoms with E-state index in [1.807, 2.05) is 6.92 Å². The summed E-state index contributed by atoms with van der Waals surface area (Å²) in [5.41, 5.74) is 1.01. The lowest BCUT2D eigenvalue weighted by atomic mass is 9.97. The molecule has 0 radical (unpaired) electrons. The van der Waals surface area contributed by atoms with Crippen molar-refractivity contribution in [1.82, 2.24) is 0 Å².